The molecule has 158 valence electrons. The summed E-state index contributed by atoms with van der Waals surface area (Å²) in [6.45, 7) is 8.91. The Bertz CT molecular complexity index is 802. The molecule has 3 rings (SSSR count). The van der Waals surface area contributed by atoms with Crippen molar-refractivity contribution in [3.05, 3.63) is 40.6 Å². The fraction of sp³-hybridized carbons (Fsp3) is 0.565. The van der Waals surface area contributed by atoms with Gasteiger partial charge in [-0.1, -0.05) is 18.2 Å². The SMILES string of the molecule is CCOCCCN1C(=O)C(c2ccc(C)c(C)c2)=C(N2CCCC(CO)C2)C1=O. The number of aliphatic hydroxyl groups is 1. The van der Waals surface area contributed by atoms with E-state index in [2.05, 4.69) is 0 Å². The summed E-state index contributed by atoms with van der Waals surface area (Å²) in [6.07, 6.45) is 2.47. The van der Waals surface area contributed by atoms with Gasteiger partial charge < -0.3 is 14.7 Å². The van der Waals surface area contributed by atoms with E-state index in [1.165, 1.54) is 4.90 Å². The molecule has 1 aromatic carbocycles. The van der Waals surface area contributed by atoms with Crippen LogP contribution in [0, 0.1) is 19.8 Å². The predicted octanol–water partition coefficient (Wildman–Crippen LogP) is 2.51. The van der Waals surface area contributed by atoms with Gasteiger partial charge in [0.05, 0.1) is 5.57 Å². The van der Waals surface area contributed by atoms with Gasteiger partial charge in [-0.15, -0.1) is 0 Å². The Labute approximate surface area is 173 Å². The second kappa shape index (κ2) is 9.55. The Balaban J connectivity index is 1.96. The second-order valence-electron chi connectivity index (χ2n) is 7.97. The number of amides is 2. The van der Waals surface area contributed by atoms with Gasteiger partial charge in [0.15, 0.2) is 0 Å². The van der Waals surface area contributed by atoms with Crippen molar-refractivity contribution in [3.8, 4) is 0 Å². The highest BCUT2D eigenvalue weighted by Gasteiger charge is 2.42. The molecule has 1 atom stereocenters. The van der Waals surface area contributed by atoms with Crippen LogP contribution in [0.15, 0.2) is 23.9 Å². The number of hydrogen-bond acceptors (Lipinski definition) is 5. The van der Waals surface area contributed by atoms with E-state index in [9.17, 15) is 14.7 Å². The number of likely N-dealkylation sites (tertiary alicyclic amines) is 1. The molecule has 2 heterocycles. The second-order valence-corrected chi connectivity index (χ2v) is 7.97. The zero-order valence-electron chi connectivity index (χ0n) is 17.7. The largest absolute Gasteiger partial charge is 0.396 e. The number of nitrogens with zero attached hydrogens (tertiary/aromatic N) is 2. The lowest BCUT2D eigenvalue weighted by atomic mass is 9.96. The first kappa shape index (κ1) is 21.5. The van der Waals surface area contributed by atoms with Gasteiger partial charge >= 0.3 is 0 Å². The van der Waals surface area contributed by atoms with Crippen LogP contribution < -0.4 is 0 Å². The summed E-state index contributed by atoms with van der Waals surface area (Å²) in [5.74, 6) is -0.318. The third kappa shape index (κ3) is 4.54. The van der Waals surface area contributed by atoms with Crippen LogP contribution in [0.5, 0.6) is 0 Å². The monoisotopic (exact) mass is 400 g/mol. The average molecular weight is 401 g/mol. The summed E-state index contributed by atoms with van der Waals surface area (Å²) in [6, 6.07) is 5.92. The molecule has 2 aliphatic heterocycles. The van der Waals surface area contributed by atoms with E-state index in [0.29, 0.717) is 44.0 Å². The molecule has 0 aliphatic carbocycles. The van der Waals surface area contributed by atoms with E-state index in [1.807, 2.05) is 43.9 Å². The number of carbonyl (C=O) groups is 2. The summed E-state index contributed by atoms with van der Waals surface area (Å²) >= 11 is 0. The highest BCUT2D eigenvalue weighted by atomic mass is 16.5. The third-order valence-electron chi connectivity index (χ3n) is 5.91. The quantitative estimate of drug-likeness (QED) is 0.536. The van der Waals surface area contributed by atoms with Gasteiger partial charge in [0.1, 0.15) is 5.70 Å². The molecule has 0 radical (unpaired) electrons. The van der Waals surface area contributed by atoms with E-state index in [-0.39, 0.29) is 24.3 Å². The number of aryl methyl sites for hydroxylation is 2. The van der Waals surface area contributed by atoms with Crippen molar-refractivity contribution < 1.29 is 19.4 Å². The Morgan fingerprint density at radius 1 is 1.17 bits per heavy atom. The van der Waals surface area contributed by atoms with Gasteiger partial charge in [0, 0.05) is 39.5 Å². The van der Waals surface area contributed by atoms with Crippen molar-refractivity contribution in [2.45, 2.75) is 40.0 Å². The number of aliphatic hydroxyl groups excluding tert-OH is 1. The third-order valence-corrected chi connectivity index (χ3v) is 5.91. The number of ether oxygens (including phenoxy) is 1. The summed E-state index contributed by atoms with van der Waals surface area (Å²) in [5, 5.41) is 9.62. The van der Waals surface area contributed by atoms with E-state index in [4.69, 9.17) is 4.74 Å². The fourth-order valence-electron chi connectivity index (χ4n) is 4.10. The number of carbonyl (C=O) groups excluding carboxylic acids is 2. The van der Waals surface area contributed by atoms with Crippen molar-refractivity contribution >= 4 is 17.4 Å². The molecule has 2 amide bonds. The van der Waals surface area contributed by atoms with Crippen LogP contribution in [0.1, 0.15) is 42.9 Å². The summed E-state index contributed by atoms with van der Waals surface area (Å²) < 4.78 is 5.37. The van der Waals surface area contributed by atoms with Crippen molar-refractivity contribution in [2.24, 2.45) is 5.92 Å². The normalized spacial score (nSPS) is 20.2. The molecule has 1 aromatic rings. The Kier molecular flexibility index (Phi) is 7.09. The minimum absolute atomic E-state index is 0.100. The molecule has 1 N–H and O–H groups in total. The maximum absolute atomic E-state index is 13.3. The topological polar surface area (TPSA) is 70.1 Å². The molecule has 29 heavy (non-hydrogen) atoms. The first-order valence-electron chi connectivity index (χ1n) is 10.6. The van der Waals surface area contributed by atoms with Crippen LogP contribution in [0.4, 0.5) is 0 Å². The lowest BCUT2D eigenvalue weighted by Crippen LogP contribution is -2.40. The number of imide groups is 1. The molecule has 0 spiro atoms. The highest BCUT2D eigenvalue weighted by molar-refractivity contribution is 6.35. The fourth-order valence-corrected chi connectivity index (χ4v) is 4.10. The van der Waals surface area contributed by atoms with Gasteiger partial charge in [-0.3, -0.25) is 14.5 Å². The number of hydrogen-bond donors (Lipinski definition) is 1. The lowest BCUT2D eigenvalue weighted by Gasteiger charge is -2.34. The van der Waals surface area contributed by atoms with Gasteiger partial charge in [0.2, 0.25) is 0 Å². The molecule has 0 aromatic heterocycles. The van der Waals surface area contributed by atoms with Crippen LogP contribution in [0.2, 0.25) is 0 Å². The van der Waals surface area contributed by atoms with Gasteiger partial charge in [-0.25, -0.2) is 0 Å². The van der Waals surface area contributed by atoms with Crippen molar-refractivity contribution in [3.63, 3.8) is 0 Å². The minimum Gasteiger partial charge on any atom is -0.396 e. The molecule has 1 saturated heterocycles. The Hall–Kier alpha value is -2.18. The minimum atomic E-state index is -0.226. The molecular weight excluding hydrogens is 368 g/mol. The lowest BCUT2D eigenvalue weighted by molar-refractivity contribution is -0.137. The Morgan fingerprint density at radius 2 is 1.97 bits per heavy atom. The molecule has 0 saturated carbocycles. The summed E-state index contributed by atoms with van der Waals surface area (Å²) in [5.41, 5.74) is 4.02. The molecule has 6 nitrogen and oxygen atoms in total. The average Bonchev–Trinajstić information content (AvgIpc) is 2.97. The van der Waals surface area contributed by atoms with E-state index < -0.39 is 0 Å². The van der Waals surface area contributed by atoms with Gasteiger partial charge in [-0.2, -0.15) is 0 Å². The van der Waals surface area contributed by atoms with Crippen LogP contribution in [0.25, 0.3) is 5.57 Å². The zero-order chi connectivity index (χ0) is 21.0. The summed E-state index contributed by atoms with van der Waals surface area (Å²) in [4.78, 5) is 30.0. The van der Waals surface area contributed by atoms with Crippen LogP contribution in [-0.2, 0) is 14.3 Å². The standard InChI is InChI=1S/C23H32N2O4/c1-4-29-12-6-11-25-22(27)20(19-9-8-16(2)17(3)13-19)21(23(25)28)24-10-5-7-18(14-24)15-26/h8-9,13,18,26H,4-7,10-12,14-15H2,1-3H3. The number of benzene rings is 1. The van der Waals surface area contributed by atoms with Crippen LogP contribution >= 0.6 is 0 Å². The number of piperidine rings is 1. The molecule has 6 heteroatoms. The molecular formula is C23H32N2O4. The molecule has 0 bridgehead atoms. The predicted molar refractivity (Wildman–Crippen MR) is 112 cm³/mol. The van der Waals surface area contributed by atoms with Crippen molar-refractivity contribution in [1.29, 1.82) is 0 Å². The van der Waals surface area contributed by atoms with Crippen LogP contribution in [-0.4, -0.2) is 66.2 Å². The van der Waals surface area contributed by atoms with E-state index >= 15 is 0 Å². The van der Waals surface area contributed by atoms with Gasteiger partial charge in [0.25, 0.3) is 11.8 Å². The van der Waals surface area contributed by atoms with Gasteiger partial charge in [-0.05, 0) is 62.6 Å². The number of rotatable bonds is 8. The van der Waals surface area contributed by atoms with E-state index in [1.54, 1.807) is 0 Å². The highest BCUT2D eigenvalue weighted by Crippen LogP contribution is 2.34. The van der Waals surface area contributed by atoms with Crippen molar-refractivity contribution in [1.82, 2.24) is 9.80 Å². The Morgan fingerprint density at radius 3 is 2.66 bits per heavy atom. The maximum Gasteiger partial charge on any atom is 0.277 e. The van der Waals surface area contributed by atoms with Crippen molar-refractivity contribution in [2.75, 3.05) is 39.5 Å². The molecule has 2 aliphatic rings. The first-order chi connectivity index (χ1) is 14.0. The smallest absolute Gasteiger partial charge is 0.277 e. The van der Waals surface area contributed by atoms with E-state index in [0.717, 1.165) is 36.1 Å². The maximum atomic E-state index is 13.3. The summed E-state index contributed by atoms with van der Waals surface area (Å²) in [7, 11) is 0. The molecule has 1 fully saturated rings. The molecule has 1 unspecified atom stereocenters. The first-order valence-corrected chi connectivity index (χ1v) is 10.6. The zero-order valence-corrected chi connectivity index (χ0v) is 17.7. The van der Waals surface area contributed by atoms with Crippen LogP contribution in [0.3, 0.4) is 0 Å².